The number of nitrogens with zero attached hydrogens (tertiary/aromatic N) is 1. The second-order valence-corrected chi connectivity index (χ2v) is 5.04. The summed E-state index contributed by atoms with van der Waals surface area (Å²) in [6.07, 6.45) is -4.03. The molecule has 0 aliphatic rings. The standard InChI is InChI=1S/C11H3ClF5NOS/c12-5-2-6(13)4(1-7(5)14)9(19)8-3-18-10(20-8)11(15,16)17/h1-3H. The van der Waals surface area contributed by atoms with E-state index < -0.39 is 44.1 Å². The summed E-state index contributed by atoms with van der Waals surface area (Å²) in [5, 5.41) is -1.77. The van der Waals surface area contributed by atoms with E-state index in [1.54, 1.807) is 0 Å². The Labute approximate surface area is 117 Å². The van der Waals surface area contributed by atoms with Crippen LogP contribution < -0.4 is 0 Å². The lowest BCUT2D eigenvalue weighted by molar-refractivity contribution is -0.137. The van der Waals surface area contributed by atoms with Crippen molar-refractivity contribution in [1.82, 2.24) is 4.98 Å². The molecule has 0 saturated heterocycles. The molecule has 106 valence electrons. The SMILES string of the molecule is O=C(c1cnc(C(F)(F)F)s1)c1cc(F)c(Cl)cc1F. The van der Waals surface area contributed by atoms with E-state index >= 15 is 0 Å². The quantitative estimate of drug-likeness (QED) is 0.467. The normalized spacial score (nSPS) is 11.7. The minimum Gasteiger partial charge on any atom is -0.288 e. The number of rotatable bonds is 2. The molecule has 0 aliphatic carbocycles. The van der Waals surface area contributed by atoms with Gasteiger partial charge in [0, 0.05) is 6.20 Å². The highest BCUT2D eigenvalue weighted by Crippen LogP contribution is 2.33. The zero-order chi connectivity index (χ0) is 15.1. The van der Waals surface area contributed by atoms with Crippen molar-refractivity contribution in [3.05, 3.63) is 50.4 Å². The third-order valence-corrected chi connectivity index (χ3v) is 3.56. The molecule has 0 radical (unpaired) electrons. The van der Waals surface area contributed by atoms with Gasteiger partial charge in [0.15, 0.2) is 5.01 Å². The summed E-state index contributed by atoms with van der Waals surface area (Å²) in [4.78, 5) is 14.4. The molecule has 0 spiro atoms. The van der Waals surface area contributed by atoms with Crippen LogP contribution in [0.5, 0.6) is 0 Å². The molecular formula is C11H3ClF5NOS. The highest BCUT2D eigenvalue weighted by molar-refractivity contribution is 7.13. The van der Waals surface area contributed by atoms with Crippen molar-refractivity contribution in [2.24, 2.45) is 0 Å². The highest BCUT2D eigenvalue weighted by Gasteiger charge is 2.35. The van der Waals surface area contributed by atoms with Crippen molar-refractivity contribution in [2.75, 3.05) is 0 Å². The van der Waals surface area contributed by atoms with E-state index in [0.717, 1.165) is 0 Å². The second-order valence-electron chi connectivity index (χ2n) is 3.60. The maximum Gasteiger partial charge on any atom is 0.443 e. The Bertz CT molecular complexity index is 682. The van der Waals surface area contributed by atoms with Gasteiger partial charge in [-0.3, -0.25) is 4.79 Å². The van der Waals surface area contributed by atoms with Crippen LogP contribution in [0.2, 0.25) is 5.02 Å². The maximum atomic E-state index is 13.5. The summed E-state index contributed by atoms with van der Waals surface area (Å²) in [5.74, 6) is -3.26. The van der Waals surface area contributed by atoms with Gasteiger partial charge >= 0.3 is 6.18 Å². The lowest BCUT2D eigenvalue weighted by Gasteiger charge is -2.02. The van der Waals surface area contributed by atoms with Crippen LogP contribution in [-0.2, 0) is 6.18 Å². The third kappa shape index (κ3) is 2.80. The van der Waals surface area contributed by atoms with Gasteiger partial charge in [-0.15, -0.1) is 11.3 Å². The molecule has 0 aliphatic heterocycles. The average Bonchev–Trinajstić information content (AvgIpc) is 2.82. The molecule has 0 saturated carbocycles. The zero-order valence-corrected chi connectivity index (χ0v) is 10.8. The number of aromatic nitrogens is 1. The van der Waals surface area contributed by atoms with Gasteiger partial charge in [-0.05, 0) is 12.1 Å². The first-order chi connectivity index (χ1) is 9.20. The monoisotopic (exact) mass is 327 g/mol. The molecule has 9 heteroatoms. The molecule has 1 aromatic heterocycles. The minimum atomic E-state index is -4.70. The maximum absolute atomic E-state index is 13.5. The molecule has 1 aromatic carbocycles. The van der Waals surface area contributed by atoms with Crippen molar-refractivity contribution in [2.45, 2.75) is 6.18 Å². The summed E-state index contributed by atoms with van der Waals surface area (Å²) in [6.45, 7) is 0. The Balaban J connectivity index is 2.42. The van der Waals surface area contributed by atoms with Crippen LogP contribution in [-0.4, -0.2) is 10.8 Å². The Morgan fingerprint density at radius 3 is 2.40 bits per heavy atom. The third-order valence-electron chi connectivity index (χ3n) is 2.23. The van der Waals surface area contributed by atoms with Gasteiger partial charge in [0.05, 0.1) is 15.5 Å². The molecule has 0 bridgehead atoms. The summed E-state index contributed by atoms with van der Waals surface area (Å²) in [5.41, 5.74) is -0.704. The molecule has 2 rings (SSSR count). The van der Waals surface area contributed by atoms with Gasteiger partial charge in [0.2, 0.25) is 5.78 Å². The molecule has 20 heavy (non-hydrogen) atoms. The number of carbonyl (C=O) groups excluding carboxylic acids is 1. The van der Waals surface area contributed by atoms with E-state index in [1.165, 1.54) is 0 Å². The zero-order valence-electron chi connectivity index (χ0n) is 9.26. The first kappa shape index (κ1) is 14.9. The van der Waals surface area contributed by atoms with E-state index in [1.807, 2.05) is 0 Å². The highest BCUT2D eigenvalue weighted by atomic mass is 35.5. The van der Waals surface area contributed by atoms with Gasteiger partial charge in [-0.2, -0.15) is 13.2 Å². The van der Waals surface area contributed by atoms with Crippen LogP contribution in [0.1, 0.15) is 20.2 Å². The fourth-order valence-corrected chi connectivity index (χ4v) is 2.23. The molecule has 0 atom stereocenters. The number of hydrogen-bond donors (Lipinski definition) is 0. The van der Waals surface area contributed by atoms with E-state index in [9.17, 15) is 26.7 Å². The lowest BCUT2D eigenvalue weighted by atomic mass is 10.1. The number of benzene rings is 1. The van der Waals surface area contributed by atoms with E-state index in [2.05, 4.69) is 4.98 Å². The Morgan fingerprint density at radius 1 is 1.20 bits per heavy atom. The minimum absolute atomic E-state index is 0.0538. The summed E-state index contributed by atoms with van der Waals surface area (Å²) in [7, 11) is 0. The Hall–Kier alpha value is -1.54. The van der Waals surface area contributed by atoms with Crippen LogP contribution in [0.3, 0.4) is 0 Å². The molecule has 2 nitrogen and oxygen atoms in total. The molecule has 0 N–H and O–H groups in total. The average molecular weight is 328 g/mol. The van der Waals surface area contributed by atoms with Crippen molar-refractivity contribution < 1.29 is 26.7 Å². The number of ketones is 1. The van der Waals surface area contributed by atoms with Crippen LogP contribution >= 0.6 is 22.9 Å². The summed E-state index contributed by atoms with van der Waals surface area (Å²) >= 11 is 5.37. The van der Waals surface area contributed by atoms with Crippen LogP contribution in [0.15, 0.2) is 18.3 Å². The second kappa shape index (κ2) is 5.10. The molecular weight excluding hydrogens is 325 g/mol. The molecule has 2 aromatic rings. The predicted molar refractivity (Wildman–Crippen MR) is 61.9 cm³/mol. The van der Waals surface area contributed by atoms with E-state index in [-0.39, 0.29) is 11.3 Å². The first-order valence-corrected chi connectivity index (χ1v) is 6.12. The fourth-order valence-electron chi connectivity index (χ4n) is 1.34. The number of hydrogen-bond acceptors (Lipinski definition) is 3. The van der Waals surface area contributed by atoms with Crippen LogP contribution in [0.4, 0.5) is 22.0 Å². The van der Waals surface area contributed by atoms with Gasteiger partial charge < -0.3 is 0 Å². The van der Waals surface area contributed by atoms with Crippen LogP contribution in [0, 0.1) is 11.6 Å². The number of halogens is 6. The van der Waals surface area contributed by atoms with E-state index in [0.29, 0.717) is 18.3 Å². The summed E-state index contributed by atoms with van der Waals surface area (Å²) in [6, 6.07) is 1.11. The Kier molecular flexibility index (Phi) is 3.79. The van der Waals surface area contributed by atoms with Crippen molar-refractivity contribution in [1.29, 1.82) is 0 Å². The first-order valence-electron chi connectivity index (χ1n) is 4.92. The number of carbonyl (C=O) groups is 1. The van der Waals surface area contributed by atoms with Crippen LogP contribution in [0.25, 0.3) is 0 Å². The van der Waals surface area contributed by atoms with Gasteiger partial charge in [-0.25, -0.2) is 13.8 Å². The lowest BCUT2D eigenvalue weighted by Crippen LogP contribution is -2.04. The van der Waals surface area contributed by atoms with Crippen molar-refractivity contribution in [3.63, 3.8) is 0 Å². The molecule has 1 heterocycles. The molecule has 0 amide bonds. The van der Waals surface area contributed by atoms with Gasteiger partial charge in [0.25, 0.3) is 0 Å². The molecule has 0 unspecified atom stereocenters. The van der Waals surface area contributed by atoms with E-state index in [4.69, 9.17) is 11.6 Å². The smallest absolute Gasteiger partial charge is 0.288 e. The predicted octanol–water partition coefficient (Wildman–Crippen LogP) is 4.32. The topological polar surface area (TPSA) is 30.0 Å². The molecule has 0 fully saturated rings. The Morgan fingerprint density at radius 2 is 1.85 bits per heavy atom. The van der Waals surface area contributed by atoms with Gasteiger partial charge in [0.1, 0.15) is 11.6 Å². The fraction of sp³-hybridized carbons (Fsp3) is 0.0909. The largest absolute Gasteiger partial charge is 0.443 e. The van der Waals surface area contributed by atoms with Crippen molar-refractivity contribution in [3.8, 4) is 0 Å². The van der Waals surface area contributed by atoms with Crippen molar-refractivity contribution >= 4 is 28.7 Å². The van der Waals surface area contributed by atoms with Gasteiger partial charge in [-0.1, -0.05) is 11.6 Å². The summed E-state index contributed by atoms with van der Waals surface area (Å²) < 4.78 is 63.7. The number of alkyl halides is 3. The number of thiazole rings is 1.